The summed E-state index contributed by atoms with van der Waals surface area (Å²) in [6, 6.07) is -2.13. The third-order valence-corrected chi connectivity index (χ3v) is 5.85. The van der Waals surface area contributed by atoms with Gasteiger partial charge in [0, 0.05) is 12.6 Å². The Balaban J connectivity index is 1.44. The number of nitrogens with zero attached hydrogens (tertiary/aromatic N) is 2. The molecule has 2 saturated heterocycles. The summed E-state index contributed by atoms with van der Waals surface area (Å²) in [7, 11) is -4.81. The van der Waals surface area contributed by atoms with E-state index >= 15 is 0 Å². The van der Waals surface area contributed by atoms with Crippen LogP contribution in [0.4, 0.5) is 4.79 Å². The summed E-state index contributed by atoms with van der Waals surface area (Å²) in [5.74, 6) is -0.584. The highest BCUT2D eigenvalue weighted by Gasteiger charge is 2.65. The molecular formula is C13H20N4O7S. The molecule has 140 valence electrons. The van der Waals surface area contributed by atoms with E-state index in [1.54, 1.807) is 0 Å². The van der Waals surface area contributed by atoms with Crippen molar-refractivity contribution in [3.8, 4) is 0 Å². The zero-order valence-electron chi connectivity index (χ0n) is 13.3. The van der Waals surface area contributed by atoms with Gasteiger partial charge in [0.25, 0.3) is 5.91 Å². The van der Waals surface area contributed by atoms with Crippen molar-refractivity contribution in [3.05, 3.63) is 0 Å². The molecule has 0 spiro atoms. The number of carbonyl (C=O) groups is 2. The van der Waals surface area contributed by atoms with E-state index in [4.69, 9.17) is 15.1 Å². The number of carbonyl (C=O) groups excluding carboxylic acids is 2. The molecule has 4 rings (SSSR count). The fourth-order valence-corrected chi connectivity index (χ4v) is 4.63. The fourth-order valence-electron chi connectivity index (χ4n) is 4.26. The molecular weight excluding hydrogens is 356 g/mol. The van der Waals surface area contributed by atoms with Crippen molar-refractivity contribution in [3.63, 3.8) is 0 Å². The van der Waals surface area contributed by atoms with E-state index in [0.29, 0.717) is 11.5 Å². The Kier molecular flexibility index (Phi) is 3.92. The monoisotopic (exact) mass is 376 g/mol. The van der Waals surface area contributed by atoms with Gasteiger partial charge in [0.15, 0.2) is 0 Å². The van der Waals surface area contributed by atoms with Crippen LogP contribution in [-0.2, 0) is 24.3 Å². The predicted molar refractivity (Wildman–Crippen MR) is 80.6 cm³/mol. The molecule has 4 unspecified atom stereocenters. The Labute approximate surface area is 144 Å². The Morgan fingerprint density at radius 3 is 2.72 bits per heavy atom. The molecule has 2 aliphatic heterocycles. The minimum atomic E-state index is -4.81. The quantitative estimate of drug-likeness (QED) is 0.399. The van der Waals surface area contributed by atoms with E-state index in [1.165, 1.54) is 4.90 Å². The number of nitrogens with two attached hydrogens (primary N) is 1. The maximum atomic E-state index is 12.5. The van der Waals surface area contributed by atoms with E-state index in [9.17, 15) is 18.0 Å². The molecule has 2 heterocycles. The van der Waals surface area contributed by atoms with Crippen molar-refractivity contribution in [2.45, 2.75) is 49.9 Å². The molecule has 25 heavy (non-hydrogen) atoms. The minimum Gasteiger partial charge on any atom is -0.325 e. The lowest BCUT2D eigenvalue weighted by atomic mass is 10.0. The fraction of sp³-hybridized carbons (Fsp3) is 0.846. The third kappa shape index (κ3) is 2.97. The first-order valence-corrected chi connectivity index (χ1v) is 9.60. The topological polar surface area (TPSA) is 151 Å². The molecule has 4 N–H and O–H groups in total. The number of hydrogen-bond acceptors (Lipinski definition) is 7. The molecule has 4 fully saturated rings. The summed E-state index contributed by atoms with van der Waals surface area (Å²) >= 11 is 0. The zero-order valence-corrected chi connectivity index (χ0v) is 14.1. The van der Waals surface area contributed by atoms with Crippen molar-refractivity contribution in [1.29, 1.82) is 0 Å². The van der Waals surface area contributed by atoms with E-state index in [1.807, 2.05) is 0 Å². The van der Waals surface area contributed by atoms with E-state index in [0.717, 1.165) is 19.3 Å². The summed E-state index contributed by atoms with van der Waals surface area (Å²) in [6.07, 6.45) is 2.95. The highest BCUT2D eigenvalue weighted by molar-refractivity contribution is 7.80. The molecule has 0 aromatic rings. The number of amides is 3. The molecule has 0 radical (unpaired) electrons. The zero-order chi connectivity index (χ0) is 17.9. The second-order valence-corrected chi connectivity index (χ2v) is 8.06. The van der Waals surface area contributed by atoms with Gasteiger partial charge < -0.3 is 10.6 Å². The molecule has 0 aromatic carbocycles. The summed E-state index contributed by atoms with van der Waals surface area (Å²) in [5, 5.41) is 0.654. The number of hydrogen-bond donors (Lipinski definition) is 3. The van der Waals surface area contributed by atoms with Crippen LogP contribution >= 0.6 is 0 Å². The van der Waals surface area contributed by atoms with Gasteiger partial charge in [-0.15, -0.1) is 4.28 Å². The van der Waals surface area contributed by atoms with Crippen molar-refractivity contribution in [2.75, 3.05) is 6.54 Å². The molecule has 4 aliphatic rings. The first kappa shape index (κ1) is 17.0. The molecule has 11 nitrogen and oxygen atoms in total. The first-order valence-electron chi connectivity index (χ1n) is 8.24. The second kappa shape index (κ2) is 5.77. The van der Waals surface area contributed by atoms with Gasteiger partial charge in [-0.2, -0.15) is 13.5 Å². The van der Waals surface area contributed by atoms with Crippen LogP contribution in [0.1, 0.15) is 25.7 Å². The number of urea groups is 1. The smallest absolute Gasteiger partial charge is 0.325 e. The molecule has 2 saturated carbocycles. The number of nitrogens with one attached hydrogen (secondary N) is 1. The SMILES string of the molecule is NC1CCCC1ONC(=O)[C@@H]1C2CC2[C@@H]2CN1C(=O)N2OS(=O)(=O)O. The lowest BCUT2D eigenvalue weighted by molar-refractivity contribution is -0.144. The average Bonchev–Trinajstić information content (AvgIpc) is 3.15. The summed E-state index contributed by atoms with van der Waals surface area (Å²) < 4.78 is 35.1. The van der Waals surface area contributed by atoms with Gasteiger partial charge >= 0.3 is 16.4 Å². The molecule has 6 atom stereocenters. The van der Waals surface area contributed by atoms with Crippen LogP contribution in [0.25, 0.3) is 0 Å². The van der Waals surface area contributed by atoms with Gasteiger partial charge in [-0.05, 0) is 37.5 Å². The van der Waals surface area contributed by atoms with E-state index in [2.05, 4.69) is 9.76 Å². The van der Waals surface area contributed by atoms with Crippen LogP contribution in [0.3, 0.4) is 0 Å². The van der Waals surface area contributed by atoms with Gasteiger partial charge in [0.2, 0.25) is 0 Å². The number of piperidine rings is 1. The summed E-state index contributed by atoms with van der Waals surface area (Å²) in [6.45, 7) is 0.163. The van der Waals surface area contributed by atoms with Crippen molar-refractivity contribution in [1.82, 2.24) is 15.4 Å². The van der Waals surface area contributed by atoms with Crippen LogP contribution in [0.5, 0.6) is 0 Å². The first-order chi connectivity index (χ1) is 11.8. The third-order valence-electron chi connectivity index (χ3n) is 5.50. The Hall–Kier alpha value is -1.47. The van der Waals surface area contributed by atoms with Gasteiger partial charge in [-0.3, -0.25) is 14.2 Å². The maximum absolute atomic E-state index is 12.5. The normalized spacial score (nSPS) is 39.5. The van der Waals surface area contributed by atoms with Gasteiger partial charge in [-0.25, -0.2) is 10.3 Å². The molecule has 2 bridgehead atoms. The maximum Gasteiger partial charge on any atom is 0.418 e. The standard InChI is InChI=1S/C13H20N4O7S/c14-8-2-1-3-10(8)23-15-12(18)11-7-4-6(7)9-5-16(11)13(19)17(9)24-25(20,21)22/h6-11H,1-5,14H2,(H,15,18)(H,20,21,22)/t6?,7?,8?,9-,10?,11-/m0/s1. The molecule has 12 heteroatoms. The number of rotatable bonds is 5. The minimum absolute atomic E-state index is 0.0473. The van der Waals surface area contributed by atoms with Gasteiger partial charge in [0.1, 0.15) is 12.1 Å². The summed E-state index contributed by atoms with van der Waals surface area (Å²) in [5.41, 5.74) is 8.30. The molecule has 2 aliphatic carbocycles. The highest BCUT2D eigenvalue weighted by Crippen LogP contribution is 2.53. The second-order valence-electron chi connectivity index (χ2n) is 7.06. The molecule has 0 aromatic heterocycles. The van der Waals surface area contributed by atoms with Crippen LogP contribution < -0.4 is 11.2 Å². The van der Waals surface area contributed by atoms with E-state index < -0.39 is 34.4 Å². The van der Waals surface area contributed by atoms with Crippen LogP contribution in [-0.4, -0.2) is 65.6 Å². The Morgan fingerprint density at radius 1 is 1.32 bits per heavy atom. The predicted octanol–water partition coefficient (Wildman–Crippen LogP) is -1.23. The highest BCUT2D eigenvalue weighted by atomic mass is 32.3. The van der Waals surface area contributed by atoms with Crippen molar-refractivity contribution >= 4 is 22.3 Å². The lowest BCUT2D eigenvalue weighted by Crippen LogP contribution is -2.52. The van der Waals surface area contributed by atoms with E-state index in [-0.39, 0.29) is 30.5 Å². The van der Waals surface area contributed by atoms with Crippen LogP contribution in [0.2, 0.25) is 0 Å². The average molecular weight is 376 g/mol. The van der Waals surface area contributed by atoms with Crippen LogP contribution in [0.15, 0.2) is 0 Å². The Morgan fingerprint density at radius 2 is 2.08 bits per heavy atom. The number of fused-ring (bicyclic) bond motifs is 4. The lowest BCUT2D eigenvalue weighted by Gasteiger charge is -2.29. The molecule has 3 amide bonds. The Bertz CT molecular complexity index is 700. The summed E-state index contributed by atoms with van der Waals surface area (Å²) in [4.78, 5) is 31.6. The van der Waals surface area contributed by atoms with Crippen molar-refractivity contribution < 1.29 is 31.7 Å². The van der Waals surface area contributed by atoms with Gasteiger partial charge in [0.05, 0.1) is 6.04 Å². The van der Waals surface area contributed by atoms with Crippen molar-refractivity contribution in [2.24, 2.45) is 17.6 Å². The van der Waals surface area contributed by atoms with Gasteiger partial charge in [-0.1, -0.05) is 0 Å². The number of hydroxylamine groups is 3. The largest absolute Gasteiger partial charge is 0.418 e. The van der Waals surface area contributed by atoms with Crippen LogP contribution in [0, 0.1) is 11.8 Å².